The van der Waals surface area contributed by atoms with Gasteiger partial charge in [-0.1, -0.05) is 26.7 Å². The molecule has 15 heavy (non-hydrogen) atoms. The van der Waals surface area contributed by atoms with Crippen molar-refractivity contribution in [3.63, 3.8) is 0 Å². The van der Waals surface area contributed by atoms with Crippen LogP contribution in [0, 0.1) is 11.8 Å². The summed E-state index contributed by atoms with van der Waals surface area (Å²) >= 11 is 0. The van der Waals surface area contributed by atoms with E-state index in [1.165, 1.54) is 19.3 Å². The first kappa shape index (κ1) is 13.0. The Kier molecular flexibility index (Phi) is 3.55. The molecule has 0 aromatic heterocycles. The van der Waals surface area contributed by atoms with E-state index in [2.05, 4.69) is 53.5 Å². The van der Waals surface area contributed by atoms with E-state index in [9.17, 15) is 0 Å². The van der Waals surface area contributed by atoms with Crippen molar-refractivity contribution in [3.05, 3.63) is 0 Å². The number of piperidine rings is 1. The highest BCUT2D eigenvalue weighted by atomic mass is 15.2. The molecule has 0 aromatic rings. The normalized spacial score (nSPS) is 35.4. The van der Waals surface area contributed by atoms with Crippen molar-refractivity contribution in [2.45, 2.75) is 71.9 Å². The van der Waals surface area contributed by atoms with Gasteiger partial charge < -0.3 is 0 Å². The standard InChI is InChI=1S/C14H29N/c1-8-9-12-10-13(3,4)15(7)14(5,6)11(12)2/h11-12H,8-10H2,1-7H3. The molecule has 2 atom stereocenters. The van der Waals surface area contributed by atoms with Gasteiger partial charge in [0, 0.05) is 11.1 Å². The number of hydrogen-bond acceptors (Lipinski definition) is 1. The van der Waals surface area contributed by atoms with Crippen LogP contribution in [-0.2, 0) is 0 Å². The summed E-state index contributed by atoms with van der Waals surface area (Å²) in [6, 6.07) is 0. The lowest BCUT2D eigenvalue weighted by Gasteiger charge is -2.57. The zero-order chi connectivity index (χ0) is 11.9. The van der Waals surface area contributed by atoms with E-state index in [0.29, 0.717) is 11.1 Å². The summed E-state index contributed by atoms with van der Waals surface area (Å²) in [7, 11) is 2.29. The van der Waals surface area contributed by atoms with Crippen LogP contribution >= 0.6 is 0 Å². The van der Waals surface area contributed by atoms with Gasteiger partial charge in [-0.05, 0) is 53.0 Å². The van der Waals surface area contributed by atoms with Crippen molar-refractivity contribution in [1.29, 1.82) is 0 Å². The molecule has 0 N–H and O–H groups in total. The van der Waals surface area contributed by atoms with Crippen molar-refractivity contribution >= 4 is 0 Å². The lowest BCUT2D eigenvalue weighted by atomic mass is 9.66. The molecule has 1 heterocycles. The molecule has 1 heteroatoms. The van der Waals surface area contributed by atoms with Gasteiger partial charge in [0.25, 0.3) is 0 Å². The zero-order valence-electron chi connectivity index (χ0n) is 11.7. The highest BCUT2D eigenvalue weighted by Gasteiger charge is 2.47. The SMILES string of the molecule is CCCC1CC(C)(C)N(C)C(C)(C)C1C. The third-order valence-corrected chi connectivity index (χ3v) is 5.02. The van der Waals surface area contributed by atoms with Gasteiger partial charge in [0.15, 0.2) is 0 Å². The lowest BCUT2D eigenvalue weighted by molar-refractivity contribution is -0.0729. The van der Waals surface area contributed by atoms with E-state index in [0.717, 1.165) is 11.8 Å². The summed E-state index contributed by atoms with van der Waals surface area (Å²) in [5.41, 5.74) is 0.692. The minimum absolute atomic E-state index is 0.335. The first-order valence-electron chi connectivity index (χ1n) is 6.47. The van der Waals surface area contributed by atoms with E-state index in [4.69, 9.17) is 0 Å². The molecule has 1 aliphatic heterocycles. The van der Waals surface area contributed by atoms with Gasteiger partial charge in [-0.2, -0.15) is 0 Å². The summed E-state index contributed by atoms with van der Waals surface area (Å²) in [5, 5.41) is 0. The first-order chi connectivity index (χ1) is 6.73. The van der Waals surface area contributed by atoms with Crippen LogP contribution in [0.3, 0.4) is 0 Å². The molecule has 1 fully saturated rings. The van der Waals surface area contributed by atoms with Gasteiger partial charge in [-0.3, -0.25) is 4.90 Å². The molecule has 1 rings (SSSR count). The van der Waals surface area contributed by atoms with E-state index in [1.54, 1.807) is 0 Å². The van der Waals surface area contributed by atoms with Crippen LogP contribution in [0.25, 0.3) is 0 Å². The minimum atomic E-state index is 0.335. The average Bonchev–Trinajstić information content (AvgIpc) is 2.12. The fourth-order valence-corrected chi connectivity index (χ4v) is 3.34. The molecular formula is C14H29N. The van der Waals surface area contributed by atoms with Gasteiger partial charge >= 0.3 is 0 Å². The summed E-state index contributed by atoms with van der Waals surface area (Å²) < 4.78 is 0. The van der Waals surface area contributed by atoms with E-state index < -0.39 is 0 Å². The van der Waals surface area contributed by atoms with Crippen LogP contribution in [0.15, 0.2) is 0 Å². The van der Waals surface area contributed by atoms with Crippen molar-refractivity contribution in [2.24, 2.45) is 11.8 Å². The number of hydrogen-bond donors (Lipinski definition) is 0. The molecule has 0 saturated carbocycles. The third kappa shape index (κ3) is 2.22. The molecule has 1 nitrogen and oxygen atoms in total. The summed E-state index contributed by atoms with van der Waals surface area (Å²) in [6.07, 6.45) is 4.06. The summed E-state index contributed by atoms with van der Waals surface area (Å²) in [4.78, 5) is 2.58. The van der Waals surface area contributed by atoms with Crippen molar-refractivity contribution < 1.29 is 0 Å². The van der Waals surface area contributed by atoms with E-state index >= 15 is 0 Å². The highest BCUT2D eigenvalue weighted by molar-refractivity contribution is 5.01. The molecule has 0 radical (unpaired) electrons. The molecule has 0 bridgehead atoms. The quantitative estimate of drug-likeness (QED) is 0.669. The second-order valence-electron chi connectivity index (χ2n) is 6.57. The zero-order valence-corrected chi connectivity index (χ0v) is 11.7. The Bertz CT molecular complexity index is 217. The lowest BCUT2D eigenvalue weighted by Crippen LogP contribution is -2.62. The van der Waals surface area contributed by atoms with Gasteiger partial charge in [0.2, 0.25) is 0 Å². The van der Waals surface area contributed by atoms with E-state index in [-0.39, 0.29) is 0 Å². The van der Waals surface area contributed by atoms with Crippen LogP contribution in [-0.4, -0.2) is 23.0 Å². The second kappa shape index (κ2) is 4.08. The topological polar surface area (TPSA) is 3.24 Å². The molecule has 0 aromatic carbocycles. The smallest absolute Gasteiger partial charge is 0.0183 e. The fraction of sp³-hybridized carbons (Fsp3) is 1.00. The number of rotatable bonds is 2. The second-order valence-corrected chi connectivity index (χ2v) is 6.57. The monoisotopic (exact) mass is 211 g/mol. The molecule has 2 unspecified atom stereocenters. The summed E-state index contributed by atoms with van der Waals surface area (Å²) in [6.45, 7) is 14.3. The van der Waals surface area contributed by atoms with Crippen molar-refractivity contribution in [2.75, 3.05) is 7.05 Å². The van der Waals surface area contributed by atoms with Crippen molar-refractivity contribution in [3.8, 4) is 0 Å². The fourth-order valence-electron chi connectivity index (χ4n) is 3.34. The van der Waals surface area contributed by atoms with Gasteiger partial charge in [-0.25, -0.2) is 0 Å². The summed E-state index contributed by atoms with van der Waals surface area (Å²) in [5.74, 6) is 1.70. The van der Waals surface area contributed by atoms with Gasteiger partial charge in [0.05, 0.1) is 0 Å². The average molecular weight is 211 g/mol. The van der Waals surface area contributed by atoms with Crippen LogP contribution in [0.5, 0.6) is 0 Å². The van der Waals surface area contributed by atoms with Crippen molar-refractivity contribution in [1.82, 2.24) is 4.90 Å². The van der Waals surface area contributed by atoms with Crippen LogP contribution in [0.2, 0.25) is 0 Å². The largest absolute Gasteiger partial charge is 0.296 e. The Morgan fingerprint density at radius 2 is 1.73 bits per heavy atom. The first-order valence-corrected chi connectivity index (χ1v) is 6.47. The molecule has 1 aliphatic rings. The maximum absolute atomic E-state index is 2.58. The molecule has 0 aliphatic carbocycles. The van der Waals surface area contributed by atoms with E-state index in [1.807, 2.05) is 0 Å². The predicted molar refractivity (Wildman–Crippen MR) is 68.1 cm³/mol. The number of nitrogens with zero attached hydrogens (tertiary/aromatic N) is 1. The number of likely N-dealkylation sites (tertiary alicyclic amines) is 1. The Labute approximate surface area is 96.2 Å². The molecule has 0 amide bonds. The highest BCUT2D eigenvalue weighted by Crippen LogP contribution is 2.45. The maximum atomic E-state index is 2.58. The van der Waals surface area contributed by atoms with Crippen LogP contribution in [0.4, 0.5) is 0 Å². The minimum Gasteiger partial charge on any atom is -0.296 e. The Morgan fingerprint density at radius 3 is 2.20 bits per heavy atom. The molecule has 0 spiro atoms. The Balaban J connectivity index is 2.91. The Morgan fingerprint density at radius 1 is 1.20 bits per heavy atom. The van der Waals surface area contributed by atoms with Crippen LogP contribution < -0.4 is 0 Å². The molecular weight excluding hydrogens is 182 g/mol. The van der Waals surface area contributed by atoms with Gasteiger partial charge in [-0.15, -0.1) is 0 Å². The van der Waals surface area contributed by atoms with Gasteiger partial charge in [0.1, 0.15) is 0 Å². The Hall–Kier alpha value is -0.0400. The molecule has 90 valence electrons. The van der Waals surface area contributed by atoms with Crippen LogP contribution in [0.1, 0.15) is 60.8 Å². The molecule has 1 saturated heterocycles. The third-order valence-electron chi connectivity index (χ3n) is 5.02. The maximum Gasteiger partial charge on any atom is 0.0183 e. The predicted octanol–water partition coefficient (Wildman–Crippen LogP) is 3.93.